The van der Waals surface area contributed by atoms with Crippen LogP contribution in [-0.4, -0.2) is 36.6 Å². The topological polar surface area (TPSA) is 77.4 Å². The maximum atomic E-state index is 13.8. The van der Waals surface area contributed by atoms with E-state index in [0.29, 0.717) is 41.0 Å². The summed E-state index contributed by atoms with van der Waals surface area (Å²) in [7, 11) is 3.15. The Bertz CT molecular complexity index is 1630. The van der Waals surface area contributed by atoms with Gasteiger partial charge in [-0.25, -0.2) is 8.78 Å². The fraction of sp³-hybridized carbons (Fsp3) is 0.294. The van der Waals surface area contributed by atoms with Gasteiger partial charge in [-0.2, -0.15) is 0 Å². The molecule has 0 bridgehead atoms. The molecule has 6 rings (SSSR count). The Morgan fingerprint density at radius 3 is 1.71 bits per heavy atom. The second-order valence-electron chi connectivity index (χ2n) is 10.9. The van der Waals surface area contributed by atoms with E-state index in [2.05, 4.69) is 0 Å². The summed E-state index contributed by atoms with van der Waals surface area (Å²) in [6.07, 6.45) is -0.763. The summed E-state index contributed by atoms with van der Waals surface area (Å²) in [5, 5.41) is 22.3. The van der Waals surface area contributed by atoms with Gasteiger partial charge in [-0.1, -0.05) is 24.3 Å². The van der Waals surface area contributed by atoms with Crippen molar-refractivity contribution in [2.45, 2.75) is 51.1 Å². The molecule has 4 aromatic carbocycles. The van der Waals surface area contributed by atoms with Gasteiger partial charge < -0.3 is 29.2 Å². The van der Waals surface area contributed by atoms with E-state index in [1.54, 1.807) is 50.6 Å². The Morgan fingerprint density at radius 2 is 1.19 bits per heavy atom. The van der Waals surface area contributed by atoms with E-state index >= 15 is 0 Å². The van der Waals surface area contributed by atoms with Crippen LogP contribution in [0, 0.1) is 11.6 Å². The molecule has 0 aliphatic carbocycles. The second kappa shape index (κ2) is 10.9. The number of aromatic hydroxyl groups is 2. The summed E-state index contributed by atoms with van der Waals surface area (Å²) in [5.41, 5.74) is 5.77. The van der Waals surface area contributed by atoms with Crippen molar-refractivity contribution in [2.24, 2.45) is 0 Å². The number of benzene rings is 4. The molecule has 0 aromatic heterocycles. The number of phenols is 2. The minimum atomic E-state index is -0.732. The molecule has 0 saturated carbocycles. The lowest BCUT2D eigenvalue weighted by atomic mass is 9.79. The fourth-order valence-electron chi connectivity index (χ4n) is 6.31. The van der Waals surface area contributed by atoms with Crippen molar-refractivity contribution in [3.8, 4) is 34.1 Å². The highest BCUT2D eigenvalue weighted by Crippen LogP contribution is 2.54. The Kier molecular flexibility index (Phi) is 7.29. The van der Waals surface area contributed by atoms with E-state index in [1.165, 1.54) is 24.3 Å². The van der Waals surface area contributed by atoms with Gasteiger partial charge in [-0.15, -0.1) is 0 Å². The van der Waals surface area contributed by atoms with Gasteiger partial charge in [0.1, 0.15) is 35.3 Å². The van der Waals surface area contributed by atoms with Crippen molar-refractivity contribution in [3.63, 3.8) is 0 Å². The van der Waals surface area contributed by atoms with Crippen molar-refractivity contribution >= 4 is 0 Å². The number of phenolic OH excluding ortho intramolecular Hbond substituents is 2. The summed E-state index contributed by atoms with van der Waals surface area (Å²) in [4.78, 5) is 0. The van der Waals surface area contributed by atoms with E-state index in [-0.39, 0.29) is 35.3 Å². The molecule has 3 unspecified atom stereocenters. The highest BCUT2D eigenvalue weighted by molar-refractivity contribution is 5.83. The average molecular weight is 575 g/mol. The molecule has 8 heteroatoms. The quantitative estimate of drug-likeness (QED) is 0.246. The summed E-state index contributed by atoms with van der Waals surface area (Å²) < 4.78 is 52.1. The number of methoxy groups -OCH3 is 2. The normalized spacial score (nSPS) is 21.4. The smallest absolute Gasteiger partial charge is 0.164 e. The van der Waals surface area contributed by atoms with E-state index < -0.39 is 12.2 Å². The van der Waals surface area contributed by atoms with Crippen molar-refractivity contribution in [1.82, 2.24) is 0 Å². The molecule has 6 nitrogen and oxygen atoms in total. The Balaban J connectivity index is 1.64. The van der Waals surface area contributed by atoms with Gasteiger partial charge in [0.2, 0.25) is 0 Å². The summed E-state index contributed by atoms with van der Waals surface area (Å²) in [6, 6.07) is 15.5. The van der Waals surface area contributed by atoms with Gasteiger partial charge in [-0.3, -0.25) is 0 Å². The highest BCUT2D eigenvalue weighted by atomic mass is 19.1. The van der Waals surface area contributed by atoms with Gasteiger partial charge >= 0.3 is 0 Å². The zero-order chi connectivity index (χ0) is 29.7. The molecule has 2 aliphatic heterocycles. The number of fused-ring (bicyclic) bond motifs is 2. The Morgan fingerprint density at radius 1 is 0.690 bits per heavy atom. The van der Waals surface area contributed by atoms with Crippen LogP contribution in [0.1, 0.15) is 59.4 Å². The standard InChI is InChI=1S/C34H32F2O6/c1-17-13-23-24(15-26(37)32(38)31(23)34(42-17)20-7-11-22(36)12-8-20)29-25-14-18(2)41-33(19-5-9-21(35)10-6-19)30(25)28(40-4)16-27(29)39-3/h5-12,15-18,33-34,37-38H,13-14H2,1-4H3/t17?,18?,33-,34?/m1/s1. The highest BCUT2D eigenvalue weighted by Gasteiger charge is 2.38. The van der Waals surface area contributed by atoms with E-state index in [1.807, 2.05) is 13.8 Å². The van der Waals surface area contributed by atoms with Crippen LogP contribution in [-0.2, 0) is 22.3 Å². The SMILES string of the molecule is COc1cc(OC)c2c(c1-c1cc(O)c(O)c3c1CC(C)OC3c1ccc(F)cc1)CC(C)O[C@@H]2c1ccc(F)cc1. The van der Waals surface area contributed by atoms with Crippen LogP contribution in [0.3, 0.4) is 0 Å². The number of ether oxygens (including phenoxy) is 4. The third-order valence-electron chi connectivity index (χ3n) is 8.13. The first kappa shape index (κ1) is 28.0. The molecule has 0 fully saturated rings. The summed E-state index contributed by atoms with van der Waals surface area (Å²) in [6.45, 7) is 3.91. The van der Waals surface area contributed by atoms with Crippen LogP contribution >= 0.6 is 0 Å². The first-order chi connectivity index (χ1) is 20.2. The number of rotatable bonds is 5. The second-order valence-corrected chi connectivity index (χ2v) is 10.9. The molecular weight excluding hydrogens is 542 g/mol. The molecule has 4 aromatic rings. The maximum absolute atomic E-state index is 13.8. The number of halogens is 2. The Hall–Kier alpha value is -4.14. The molecule has 42 heavy (non-hydrogen) atoms. The van der Waals surface area contributed by atoms with E-state index in [9.17, 15) is 19.0 Å². The molecule has 2 N–H and O–H groups in total. The Labute approximate surface area is 243 Å². The first-order valence-electron chi connectivity index (χ1n) is 13.9. The van der Waals surface area contributed by atoms with Crippen LogP contribution in [0.2, 0.25) is 0 Å². The summed E-state index contributed by atoms with van der Waals surface area (Å²) >= 11 is 0. The molecule has 0 saturated heterocycles. The van der Waals surface area contributed by atoms with Crippen LogP contribution in [0.5, 0.6) is 23.0 Å². The summed E-state index contributed by atoms with van der Waals surface area (Å²) in [5.74, 6) is -0.228. The maximum Gasteiger partial charge on any atom is 0.164 e. The molecule has 2 heterocycles. The molecule has 218 valence electrons. The molecule has 2 aliphatic rings. The van der Waals surface area contributed by atoms with Crippen molar-refractivity contribution < 1.29 is 37.9 Å². The molecular formula is C34H32F2O6. The minimum absolute atomic E-state index is 0.209. The molecule has 0 radical (unpaired) electrons. The van der Waals surface area contributed by atoms with E-state index in [0.717, 1.165) is 27.8 Å². The zero-order valence-corrected chi connectivity index (χ0v) is 23.8. The lowest BCUT2D eigenvalue weighted by Gasteiger charge is -2.36. The molecule has 0 amide bonds. The van der Waals surface area contributed by atoms with Gasteiger partial charge in [0.15, 0.2) is 11.5 Å². The van der Waals surface area contributed by atoms with Crippen LogP contribution in [0.25, 0.3) is 11.1 Å². The third-order valence-corrected chi connectivity index (χ3v) is 8.13. The number of hydrogen-bond acceptors (Lipinski definition) is 6. The van der Waals surface area contributed by atoms with Crippen LogP contribution in [0.4, 0.5) is 8.78 Å². The molecule has 0 spiro atoms. The van der Waals surface area contributed by atoms with Crippen molar-refractivity contribution in [3.05, 3.63) is 106 Å². The van der Waals surface area contributed by atoms with Crippen molar-refractivity contribution in [2.75, 3.05) is 14.2 Å². The monoisotopic (exact) mass is 574 g/mol. The first-order valence-corrected chi connectivity index (χ1v) is 13.9. The zero-order valence-electron chi connectivity index (χ0n) is 23.8. The predicted molar refractivity (Wildman–Crippen MR) is 153 cm³/mol. The largest absolute Gasteiger partial charge is 0.504 e. The van der Waals surface area contributed by atoms with Crippen molar-refractivity contribution in [1.29, 1.82) is 0 Å². The van der Waals surface area contributed by atoms with Crippen LogP contribution < -0.4 is 9.47 Å². The lowest BCUT2D eigenvalue weighted by Crippen LogP contribution is -2.27. The lowest BCUT2D eigenvalue weighted by molar-refractivity contribution is 0.00515. The van der Waals surface area contributed by atoms with E-state index in [4.69, 9.17) is 18.9 Å². The van der Waals surface area contributed by atoms with Crippen LogP contribution in [0.15, 0.2) is 60.7 Å². The third kappa shape index (κ3) is 4.74. The van der Waals surface area contributed by atoms with Gasteiger partial charge in [0.05, 0.1) is 26.4 Å². The number of hydrogen-bond donors (Lipinski definition) is 2. The fourth-order valence-corrected chi connectivity index (χ4v) is 6.31. The van der Waals surface area contributed by atoms with Gasteiger partial charge in [0.25, 0.3) is 0 Å². The molecule has 4 atom stereocenters. The van der Waals surface area contributed by atoms with Gasteiger partial charge in [0, 0.05) is 22.8 Å². The predicted octanol–water partition coefficient (Wildman–Crippen LogP) is 7.16. The van der Waals surface area contributed by atoms with Gasteiger partial charge in [-0.05, 0) is 84.8 Å². The average Bonchev–Trinajstić information content (AvgIpc) is 2.98. The minimum Gasteiger partial charge on any atom is -0.504 e.